The molecule has 0 heterocycles. The van der Waals surface area contributed by atoms with Crippen LogP contribution < -0.4 is 0 Å². The van der Waals surface area contributed by atoms with Crippen LogP contribution in [0, 0.1) is 51.7 Å². The van der Waals surface area contributed by atoms with E-state index < -0.39 is 0 Å². The first-order valence-corrected chi connectivity index (χ1v) is 4.00. The van der Waals surface area contributed by atoms with Crippen LogP contribution in [-0.4, -0.2) is 0 Å². The first kappa shape index (κ1) is 8.57. The molecule has 0 saturated heterocycles. The van der Waals surface area contributed by atoms with E-state index in [4.69, 9.17) is 15.8 Å². The molecule has 3 atom stereocenters. The minimum atomic E-state index is -0.228. The quantitative estimate of drug-likeness (QED) is 0.538. The summed E-state index contributed by atoms with van der Waals surface area (Å²) < 4.78 is 0. The third-order valence-corrected chi connectivity index (χ3v) is 2.36. The number of hydrogen-bond acceptors (Lipinski definition) is 3. The average Bonchev–Trinajstić information content (AvgIpc) is 2.16. The zero-order valence-electron chi connectivity index (χ0n) is 6.70. The summed E-state index contributed by atoms with van der Waals surface area (Å²) in [6, 6.07) is 6.37. The van der Waals surface area contributed by atoms with Crippen molar-refractivity contribution < 1.29 is 0 Å². The topological polar surface area (TPSA) is 71.4 Å². The molecule has 1 rings (SSSR count). The molecule has 0 bridgehead atoms. The summed E-state index contributed by atoms with van der Waals surface area (Å²) in [5.41, 5.74) is 0. The van der Waals surface area contributed by atoms with E-state index in [-0.39, 0.29) is 17.8 Å². The third-order valence-electron chi connectivity index (χ3n) is 2.36. The van der Waals surface area contributed by atoms with E-state index in [1.54, 1.807) is 0 Å². The van der Waals surface area contributed by atoms with Crippen molar-refractivity contribution in [3.8, 4) is 18.2 Å². The van der Waals surface area contributed by atoms with E-state index in [1.165, 1.54) is 0 Å². The molecule has 60 valence electrons. The van der Waals surface area contributed by atoms with Gasteiger partial charge in [0.15, 0.2) is 0 Å². The predicted molar refractivity (Wildman–Crippen MR) is 41.2 cm³/mol. The van der Waals surface area contributed by atoms with Gasteiger partial charge in [0.05, 0.1) is 30.0 Å². The van der Waals surface area contributed by atoms with Crippen molar-refractivity contribution in [1.29, 1.82) is 15.8 Å². The zero-order valence-corrected chi connectivity index (χ0v) is 6.70. The second kappa shape index (κ2) is 3.74. The first-order chi connectivity index (χ1) is 5.81. The minimum Gasteiger partial charge on any atom is -0.198 e. The van der Waals surface area contributed by atoms with Crippen LogP contribution in [0.2, 0.25) is 0 Å². The molecule has 3 nitrogen and oxygen atoms in total. The van der Waals surface area contributed by atoms with E-state index in [0.717, 1.165) is 6.42 Å². The number of rotatable bonds is 0. The molecule has 1 aliphatic rings. The van der Waals surface area contributed by atoms with Crippen LogP contribution in [0.4, 0.5) is 0 Å². The molecule has 3 unspecified atom stereocenters. The molecule has 0 radical (unpaired) electrons. The van der Waals surface area contributed by atoms with Gasteiger partial charge in [0, 0.05) is 5.92 Å². The highest BCUT2D eigenvalue weighted by molar-refractivity contribution is 5.04. The summed E-state index contributed by atoms with van der Waals surface area (Å²) >= 11 is 0. The lowest BCUT2D eigenvalue weighted by molar-refractivity contribution is 0.304. The maximum Gasteiger partial charge on any atom is 0.0670 e. The van der Waals surface area contributed by atoms with Gasteiger partial charge < -0.3 is 0 Å². The lowest BCUT2D eigenvalue weighted by Crippen LogP contribution is -2.21. The zero-order chi connectivity index (χ0) is 8.97. The standard InChI is InChI=1S/C9H9N3/c10-4-7-1-2-8(5-11)9(3-7)6-12/h7-9H,1-3H2. The molecule has 0 spiro atoms. The number of nitriles is 3. The Hall–Kier alpha value is -1.53. The van der Waals surface area contributed by atoms with Gasteiger partial charge in [0.1, 0.15) is 0 Å². The lowest BCUT2D eigenvalue weighted by atomic mass is 9.76. The molecular formula is C9H9N3. The first-order valence-electron chi connectivity index (χ1n) is 4.00. The van der Waals surface area contributed by atoms with Gasteiger partial charge in [-0.3, -0.25) is 0 Å². The molecule has 0 aromatic heterocycles. The van der Waals surface area contributed by atoms with Gasteiger partial charge in [0.2, 0.25) is 0 Å². The molecule has 3 heteroatoms. The number of nitrogens with zero attached hydrogens (tertiary/aromatic N) is 3. The lowest BCUT2D eigenvalue weighted by Gasteiger charge is -2.23. The second-order valence-electron chi connectivity index (χ2n) is 3.11. The van der Waals surface area contributed by atoms with Gasteiger partial charge in [-0.05, 0) is 19.3 Å². The van der Waals surface area contributed by atoms with Gasteiger partial charge in [-0.25, -0.2) is 0 Å². The van der Waals surface area contributed by atoms with Crippen molar-refractivity contribution in [3.63, 3.8) is 0 Å². The fraction of sp³-hybridized carbons (Fsp3) is 0.667. The Kier molecular flexibility index (Phi) is 2.67. The second-order valence-corrected chi connectivity index (χ2v) is 3.11. The normalized spacial score (nSPS) is 34.2. The highest BCUT2D eigenvalue weighted by atomic mass is 14.4. The van der Waals surface area contributed by atoms with Crippen LogP contribution in [0.25, 0.3) is 0 Å². The Morgan fingerprint density at radius 1 is 0.833 bits per heavy atom. The Morgan fingerprint density at radius 3 is 2.00 bits per heavy atom. The molecule has 0 N–H and O–H groups in total. The molecule has 0 amide bonds. The van der Waals surface area contributed by atoms with Crippen LogP contribution in [0.15, 0.2) is 0 Å². The van der Waals surface area contributed by atoms with Gasteiger partial charge in [0.25, 0.3) is 0 Å². The monoisotopic (exact) mass is 159 g/mol. The van der Waals surface area contributed by atoms with E-state index >= 15 is 0 Å². The third kappa shape index (κ3) is 1.55. The molecule has 0 aromatic rings. The van der Waals surface area contributed by atoms with Crippen molar-refractivity contribution >= 4 is 0 Å². The fourth-order valence-corrected chi connectivity index (χ4v) is 1.59. The molecule has 0 aliphatic heterocycles. The Labute approximate surface area is 71.8 Å². The van der Waals surface area contributed by atoms with Gasteiger partial charge in [-0.1, -0.05) is 0 Å². The highest BCUT2D eigenvalue weighted by Crippen LogP contribution is 2.32. The highest BCUT2D eigenvalue weighted by Gasteiger charge is 2.30. The van der Waals surface area contributed by atoms with E-state index in [9.17, 15) is 0 Å². The molecule has 12 heavy (non-hydrogen) atoms. The minimum absolute atomic E-state index is 0.0146. The molecular weight excluding hydrogens is 150 g/mol. The van der Waals surface area contributed by atoms with Crippen molar-refractivity contribution in [2.24, 2.45) is 17.8 Å². The molecule has 1 saturated carbocycles. The summed E-state index contributed by atoms with van der Waals surface area (Å²) in [6.45, 7) is 0. The maximum atomic E-state index is 8.70. The van der Waals surface area contributed by atoms with Crippen molar-refractivity contribution in [3.05, 3.63) is 0 Å². The Bertz CT molecular complexity index is 276. The average molecular weight is 159 g/mol. The Morgan fingerprint density at radius 2 is 1.50 bits per heavy atom. The smallest absolute Gasteiger partial charge is 0.0670 e. The van der Waals surface area contributed by atoms with Crippen LogP contribution >= 0.6 is 0 Å². The summed E-state index contributed by atoms with van der Waals surface area (Å²) in [6.07, 6.45) is 2.05. The van der Waals surface area contributed by atoms with Crippen molar-refractivity contribution in [1.82, 2.24) is 0 Å². The number of hydrogen-bond donors (Lipinski definition) is 0. The van der Waals surface area contributed by atoms with Gasteiger partial charge >= 0.3 is 0 Å². The summed E-state index contributed by atoms with van der Waals surface area (Å²) in [5.74, 6) is -0.396. The molecule has 1 aliphatic carbocycles. The fourth-order valence-electron chi connectivity index (χ4n) is 1.59. The van der Waals surface area contributed by atoms with Crippen LogP contribution in [0.1, 0.15) is 19.3 Å². The van der Waals surface area contributed by atoms with Gasteiger partial charge in [-0.15, -0.1) is 0 Å². The summed E-state index contributed by atoms with van der Waals surface area (Å²) in [4.78, 5) is 0. The Balaban J connectivity index is 2.64. The largest absolute Gasteiger partial charge is 0.198 e. The van der Waals surface area contributed by atoms with E-state index in [0.29, 0.717) is 12.8 Å². The van der Waals surface area contributed by atoms with Crippen molar-refractivity contribution in [2.75, 3.05) is 0 Å². The summed E-state index contributed by atoms with van der Waals surface area (Å²) in [7, 11) is 0. The van der Waals surface area contributed by atoms with E-state index in [1.807, 2.05) is 0 Å². The molecule has 0 aromatic carbocycles. The predicted octanol–water partition coefficient (Wildman–Crippen LogP) is 1.59. The van der Waals surface area contributed by atoms with E-state index in [2.05, 4.69) is 18.2 Å². The maximum absolute atomic E-state index is 8.70. The van der Waals surface area contributed by atoms with Gasteiger partial charge in [-0.2, -0.15) is 15.8 Å². The van der Waals surface area contributed by atoms with Crippen LogP contribution in [0.3, 0.4) is 0 Å². The summed E-state index contributed by atoms with van der Waals surface area (Å²) in [5, 5.41) is 26.0. The van der Waals surface area contributed by atoms with Crippen LogP contribution in [0.5, 0.6) is 0 Å². The molecule has 1 fully saturated rings. The van der Waals surface area contributed by atoms with Crippen molar-refractivity contribution in [2.45, 2.75) is 19.3 Å². The SMILES string of the molecule is N#CC1CCC(C#N)C(C#N)C1. The van der Waals surface area contributed by atoms with Crippen LogP contribution in [-0.2, 0) is 0 Å².